The Morgan fingerprint density at radius 3 is 2.18 bits per heavy atom. The summed E-state index contributed by atoms with van der Waals surface area (Å²) in [6, 6.07) is 0. The van der Waals surface area contributed by atoms with Crippen LogP contribution in [0.25, 0.3) is 0 Å². The number of imide groups is 1. The SMILES string of the molecule is O=C1CCC(=O)N1CCN1CC2CNCC2C1. The van der Waals surface area contributed by atoms with Gasteiger partial charge in [-0.15, -0.1) is 0 Å². The second-order valence-corrected chi connectivity index (χ2v) is 5.38. The van der Waals surface area contributed by atoms with Crippen molar-refractivity contribution in [3.05, 3.63) is 0 Å². The molecule has 2 amide bonds. The quantitative estimate of drug-likeness (QED) is 0.659. The van der Waals surface area contributed by atoms with E-state index in [1.54, 1.807) is 0 Å². The summed E-state index contributed by atoms with van der Waals surface area (Å²) >= 11 is 0. The maximum atomic E-state index is 11.5. The molecule has 1 N–H and O–H groups in total. The Hall–Kier alpha value is -0.940. The van der Waals surface area contributed by atoms with Crippen LogP contribution in [0.3, 0.4) is 0 Å². The van der Waals surface area contributed by atoms with Crippen LogP contribution in [0.4, 0.5) is 0 Å². The van der Waals surface area contributed by atoms with Crippen LogP contribution in [0.1, 0.15) is 12.8 Å². The van der Waals surface area contributed by atoms with Gasteiger partial charge in [-0.05, 0) is 24.9 Å². The van der Waals surface area contributed by atoms with Gasteiger partial charge in [-0.1, -0.05) is 0 Å². The molecule has 0 aromatic rings. The lowest BCUT2D eigenvalue weighted by molar-refractivity contribution is -0.138. The largest absolute Gasteiger partial charge is 0.316 e. The Balaban J connectivity index is 1.49. The van der Waals surface area contributed by atoms with Crippen molar-refractivity contribution < 1.29 is 9.59 Å². The van der Waals surface area contributed by atoms with Crippen molar-refractivity contribution in [1.82, 2.24) is 15.1 Å². The second kappa shape index (κ2) is 4.38. The van der Waals surface area contributed by atoms with E-state index in [1.807, 2.05) is 0 Å². The molecule has 3 fully saturated rings. The normalized spacial score (nSPS) is 33.8. The summed E-state index contributed by atoms with van der Waals surface area (Å²) in [7, 11) is 0. The van der Waals surface area contributed by atoms with Crippen molar-refractivity contribution in [3.63, 3.8) is 0 Å². The third kappa shape index (κ3) is 2.09. The number of carbonyl (C=O) groups excluding carboxylic acids is 2. The van der Waals surface area contributed by atoms with Crippen molar-refractivity contribution in [3.8, 4) is 0 Å². The molecule has 5 heteroatoms. The zero-order chi connectivity index (χ0) is 11.8. The van der Waals surface area contributed by atoms with E-state index in [2.05, 4.69) is 10.2 Å². The molecule has 3 saturated heterocycles. The number of likely N-dealkylation sites (tertiary alicyclic amines) is 2. The molecule has 3 aliphatic rings. The highest BCUT2D eigenvalue weighted by atomic mass is 16.2. The molecule has 3 heterocycles. The Bertz CT molecular complexity index is 317. The summed E-state index contributed by atoms with van der Waals surface area (Å²) in [6.45, 7) is 5.93. The molecule has 3 rings (SSSR count). The molecular weight excluding hydrogens is 218 g/mol. The Labute approximate surface area is 101 Å². The first-order chi connectivity index (χ1) is 8.24. The van der Waals surface area contributed by atoms with Gasteiger partial charge >= 0.3 is 0 Å². The fourth-order valence-corrected chi connectivity index (χ4v) is 3.25. The predicted octanol–water partition coefficient (Wildman–Crippen LogP) is -0.713. The summed E-state index contributed by atoms with van der Waals surface area (Å²) in [6.07, 6.45) is 0.821. The topological polar surface area (TPSA) is 52.7 Å². The number of hydrogen-bond donors (Lipinski definition) is 1. The van der Waals surface area contributed by atoms with Gasteiger partial charge in [0.05, 0.1) is 0 Å². The highest BCUT2D eigenvalue weighted by Gasteiger charge is 2.36. The minimum atomic E-state index is 0.0102. The van der Waals surface area contributed by atoms with Gasteiger partial charge in [0.1, 0.15) is 0 Å². The van der Waals surface area contributed by atoms with Crippen LogP contribution in [-0.2, 0) is 9.59 Å². The molecule has 0 saturated carbocycles. The molecule has 2 atom stereocenters. The average Bonchev–Trinajstić information content (AvgIpc) is 2.92. The van der Waals surface area contributed by atoms with Crippen LogP contribution in [0.5, 0.6) is 0 Å². The number of nitrogens with zero attached hydrogens (tertiary/aromatic N) is 2. The molecule has 3 aliphatic heterocycles. The smallest absolute Gasteiger partial charge is 0.229 e. The van der Waals surface area contributed by atoms with E-state index >= 15 is 0 Å². The molecule has 0 spiro atoms. The van der Waals surface area contributed by atoms with E-state index in [1.165, 1.54) is 4.90 Å². The monoisotopic (exact) mass is 237 g/mol. The van der Waals surface area contributed by atoms with Gasteiger partial charge in [0.2, 0.25) is 11.8 Å². The molecular formula is C12H19N3O2. The Kier molecular flexibility index (Phi) is 2.88. The number of nitrogens with one attached hydrogen (secondary N) is 1. The van der Waals surface area contributed by atoms with Crippen LogP contribution < -0.4 is 5.32 Å². The highest BCUT2D eigenvalue weighted by Crippen LogP contribution is 2.26. The predicted molar refractivity (Wildman–Crippen MR) is 62.2 cm³/mol. The molecule has 0 radical (unpaired) electrons. The Morgan fingerprint density at radius 2 is 1.59 bits per heavy atom. The average molecular weight is 237 g/mol. The second-order valence-electron chi connectivity index (χ2n) is 5.38. The summed E-state index contributed by atoms with van der Waals surface area (Å²) in [5.74, 6) is 1.58. The van der Waals surface area contributed by atoms with Crippen molar-refractivity contribution >= 4 is 11.8 Å². The third-order valence-corrected chi connectivity index (χ3v) is 4.26. The van der Waals surface area contributed by atoms with Gasteiger partial charge in [-0.3, -0.25) is 14.5 Å². The Morgan fingerprint density at radius 1 is 1.00 bits per heavy atom. The zero-order valence-corrected chi connectivity index (χ0v) is 10.0. The standard InChI is InChI=1S/C12H19N3O2/c16-11-1-2-12(17)15(11)4-3-14-7-9-5-13-6-10(9)8-14/h9-10,13H,1-8H2. The lowest BCUT2D eigenvalue weighted by atomic mass is 10.0. The fourth-order valence-electron chi connectivity index (χ4n) is 3.25. The lowest BCUT2D eigenvalue weighted by Crippen LogP contribution is -2.38. The van der Waals surface area contributed by atoms with Crippen LogP contribution in [-0.4, -0.2) is 60.9 Å². The minimum Gasteiger partial charge on any atom is -0.316 e. The number of amides is 2. The highest BCUT2D eigenvalue weighted by molar-refractivity contribution is 6.01. The van der Waals surface area contributed by atoms with Crippen LogP contribution in [0, 0.1) is 11.8 Å². The molecule has 2 unspecified atom stereocenters. The van der Waals surface area contributed by atoms with Crippen LogP contribution in [0.2, 0.25) is 0 Å². The maximum Gasteiger partial charge on any atom is 0.229 e. The van der Waals surface area contributed by atoms with Crippen molar-refractivity contribution in [2.24, 2.45) is 11.8 Å². The number of rotatable bonds is 3. The van der Waals surface area contributed by atoms with Crippen molar-refractivity contribution in [1.29, 1.82) is 0 Å². The summed E-state index contributed by atoms with van der Waals surface area (Å²) in [5, 5.41) is 3.41. The third-order valence-electron chi connectivity index (χ3n) is 4.26. The first kappa shape index (κ1) is 11.2. The summed E-state index contributed by atoms with van der Waals surface area (Å²) in [5.41, 5.74) is 0. The van der Waals surface area contributed by atoms with Gasteiger partial charge in [0.25, 0.3) is 0 Å². The maximum absolute atomic E-state index is 11.5. The fraction of sp³-hybridized carbons (Fsp3) is 0.833. The summed E-state index contributed by atoms with van der Waals surface area (Å²) in [4.78, 5) is 26.8. The van der Waals surface area contributed by atoms with E-state index in [0.717, 1.165) is 44.6 Å². The lowest BCUT2D eigenvalue weighted by Gasteiger charge is -2.20. The number of hydrogen-bond acceptors (Lipinski definition) is 4. The molecule has 0 bridgehead atoms. The molecule has 17 heavy (non-hydrogen) atoms. The van der Waals surface area contributed by atoms with Crippen molar-refractivity contribution in [2.75, 3.05) is 39.3 Å². The first-order valence-electron chi connectivity index (χ1n) is 6.50. The van der Waals surface area contributed by atoms with Crippen LogP contribution in [0.15, 0.2) is 0 Å². The van der Waals surface area contributed by atoms with E-state index in [-0.39, 0.29) is 11.8 Å². The van der Waals surface area contributed by atoms with Gasteiger partial charge in [-0.25, -0.2) is 0 Å². The first-order valence-corrected chi connectivity index (χ1v) is 6.50. The summed E-state index contributed by atoms with van der Waals surface area (Å²) < 4.78 is 0. The molecule has 94 valence electrons. The minimum absolute atomic E-state index is 0.0102. The molecule has 0 aromatic heterocycles. The van der Waals surface area contributed by atoms with Crippen LogP contribution >= 0.6 is 0 Å². The van der Waals surface area contributed by atoms with E-state index in [0.29, 0.717) is 19.4 Å². The van der Waals surface area contributed by atoms with E-state index in [9.17, 15) is 9.59 Å². The molecule has 0 aromatic carbocycles. The number of fused-ring (bicyclic) bond motifs is 1. The molecule has 5 nitrogen and oxygen atoms in total. The van der Waals surface area contributed by atoms with E-state index < -0.39 is 0 Å². The van der Waals surface area contributed by atoms with Gasteiger partial charge in [0.15, 0.2) is 0 Å². The van der Waals surface area contributed by atoms with Gasteiger partial charge in [-0.2, -0.15) is 0 Å². The van der Waals surface area contributed by atoms with Gasteiger partial charge in [0, 0.05) is 39.0 Å². The van der Waals surface area contributed by atoms with Gasteiger partial charge < -0.3 is 10.2 Å². The molecule has 0 aliphatic carbocycles. The van der Waals surface area contributed by atoms with Crippen molar-refractivity contribution in [2.45, 2.75) is 12.8 Å². The zero-order valence-electron chi connectivity index (χ0n) is 10.0. The van der Waals surface area contributed by atoms with E-state index in [4.69, 9.17) is 0 Å². The number of carbonyl (C=O) groups is 2.